The summed E-state index contributed by atoms with van der Waals surface area (Å²) >= 11 is 1.66. The lowest BCUT2D eigenvalue weighted by Gasteiger charge is -2.33. The molecule has 3 rings (SSSR count). The lowest BCUT2D eigenvalue weighted by atomic mass is 9.90. The van der Waals surface area contributed by atoms with E-state index >= 15 is 0 Å². The Morgan fingerprint density at radius 3 is 2.11 bits per heavy atom. The molecule has 0 bridgehead atoms. The number of benzene rings is 3. The standard InChI is InChI=1S/C30H37NO5S2/c1-6-27(29(21-30(35-4)36-5)37-25-10-8-7-9-11-25)28(20-23-14-16-24(34-3)17-15-23)31-38(32,33)26-18-12-22(2)13-19-26/h6-19,27-31H,1,20-21H2,2-5H3/t27-,28+,29?/m0/s1. The first kappa shape index (κ1) is 29.9. The minimum Gasteiger partial charge on any atom is -0.497 e. The predicted octanol–water partition coefficient (Wildman–Crippen LogP) is 5.87. The first-order chi connectivity index (χ1) is 18.3. The number of thioether (sulfide) groups is 1. The van der Waals surface area contributed by atoms with Crippen LogP contribution < -0.4 is 9.46 Å². The van der Waals surface area contributed by atoms with Crippen molar-refractivity contribution in [1.29, 1.82) is 0 Å². The monoisotopic (exact) mass is 555 g/mol. The zero-order valence-corrected chi connectivity index (χ0v) is 24.0. The van der Waals surface area contributed by atoms with Gasteiger partial charge in [-0.2, -0.15) is 0 Å². The Bertz CT molecular complexity index is 1230. The van der Waals surface area contributed by atoms with Crippen molar-refractivity contribution in [1.82, 2.24) is 4.72 Å². The fraction of sp³-hybridized carbons (Fsp3) is 0.333. The smallest absolute Gasteiger partial charge is 0.240 e. The van der Waals surface area contributed by atoms with E-state index < -0.39 is 22.4 Å². The van der Waals surface area contributed by atoms with Crippen molar-refractivity contribution < 1.29 is 22.6 Å². The van der Waals surface area contributed by atoms with Crippen LogP contribution in [0.25, 0.3) is 0 Å². The highest BCUT2D eigenvalue weighted by Gasteiger charge is 2.33. The molecule has 0 aromatic heterocycles. The number of methoxy groups -OCH3 is 3. The number of ether oxygens (including phenoxy) is 3. The summed E-state index contributed by atoms with van der Waals surface area (Å²) in [6.07, 6.45) is 2.39. The minimum absolute atomic E-state index is 0.0937. The molecule has 0 aliphatic carbocycles. The molecule has 1 N–H and O–H groups in total. The van der Waals surface area contributed by atoms with E-state index in [1.165, 1.54) is 0 Å². The quantitative estimate of drug-likeness (QED) is 0.144. The second-order valence-corrected chi connectivity index (χ2v) is 12.0. The van der Waals surface area contributed by atoms with Gasteiger partial charge in [-0.15, -0.1) is 18.3 Å². The molecule has 0 fully saturated rings. The summed E-state index contributed by atoms with van der Waals surface area (Å²) < 4.78 is 46.5. The van der Waals surface area contributed by atoms with Crippen molar-refractivity contribution in [3.63, 3.8) is 0 Å². The predicted molar refractivity (Wildman–Crippen MR) is 154 cm³/mol. The zero-order valence-electron chi connectivity index (χ0n) is 22.4. The van der Waals surface area contributed by atoms with Gasteiger partial charge in [-0.3, -0.25) is 0 Å². The molecule has 0 saturated carbocycles. The van der Waals surface area contributed by atoms with E-state index in [1.807, 2.05) is 67.6 Å². The van der Waals surface area contributed by atoms with Gasteiger partial charge in [0, 0.05) is 42.7 Å². The van der Waals surface area contributed by atoms with Gasteiger partial charge in [0.25, 0.3) is 0 Å². The maximum absolute atomic E-state index is 13.6. The Kier molecular flexibility index (Phi) is 11.4. The minimum atomic E-state index is -3.80. The molecular formula is C30H37NO5S2. The summed E-state index contributed by atoms with van der Waals surface area (Å²) in [5, 5.41) is -0.0937. The van der Waals surface area contributed by atoms with E-state index in [0.29, 0.717) is 12.8 Å². The van der Waals surface area contributed by atoms with Gasteiger partial charge in [-0.25, -0.2) is 13.1 Å². The van der Waals surface area contributed by atoms with E-state index in [0.717, 1.165) is 21.8 Å². The van der Waals surface area contributed by atoms with Crippen molar-refractivity contribution in [2.24, 2.45) is 5.92 Å². The first-order valence-corrected chi connectivity index (χ1v) is 14.8. The molecule has 6 nitrogen and oxygen atoms in total. The van der Waals surface area contributed by atoms with Gasteiger partial charge in [0.1, 0.15) is 5.75 Å². The number of sulfonamides is 1. The summed E-state index contributed by atoms with van der Waals surface area (Å²) in [6.45, 7) is 6.07. The van der Waals surface area contributed by atoms with Gasteiger partial charge in [0.2, 0.25) is 10.0 Å². The molecule has 0 spiro atoms. The molecule has 0 amide bonds. The Labute approximate surface area is 231 Å². The van der Waals surface area contributed by atoms with Gasteiger partial charge in [0.15, 0.2) is 6.29 Å². The summed E-state index contributed by atoms with van der Waals surface area (Å²) in [5.41, 5.74) is 1.97. The molecule has 3 atom stereocenters. The number of aryl methyl sites for hydroxylation is 1. The number of hydrogen-bond donors (Lipinski definition) is 1. The fourth-order valence-corrected chi connectivity index (χ4v) is 6.91. The van der Waals surface area contributed by atoms with Crippen LogP contribution in [-0.2, 0) is 25.9 Å². The third kappa shape index (κ3) is 8.44. The maximum Gasteiger partial charge on any atom is 0.240 e. The highest BCUT2D eigenvalue weighted by molar-refractivity contribution is 8.00. The van der Waals surface area contributed by atoms with Crippen molar-refractivity contribution in [2.75, 3.05) is 21.3 Å². The average molecular weight is 556 g/mol. The SMILES string of the molecule is C=C[C@H](C(CC(OC)OC)Sc1ccccc1)[C@@H](Cc1ccc(OC)cc1)NS(=O)(=O)c1ccc(C)cc1. The van der Waals surface area contributed by atoms with Crippen molar-refractivity contribution in [2.45, 2.75) is 47.1 Å². The van der Waals surface area contributed by atoms with E-state index in [2.05, 4.69) is 11.3 Å². The Balaban J connectivity index is 2.01. The Morgan fingerprint density at radius 2 is 1.55 bits per heavy atom. The molecule has 0 radical (unpaired) electrons. The molecule has 8 heteroatoms. The topological polar surface area (TPSA) is 73.9 Å². The average Bonchev–Trinajstić information content (AvgIpc) is 2.93. The van der Waals surface area contributed by atoms with Crippen LogP contribution in [0.1, 0.15) is 17.5 Å². The molecule has 0 aliphatic rings. The van der Waals surface area contributed by atoms with Crippen LogP contribution in [0.15, 0.2) is 101 Å². The van der Waals surface area contributed by atoms with Gasteiger partial charge in [-0.1, -0.05) is 54.1 Å². The fourth-order valence-electron chi connectivity index (χ4n) is 4.27. The van der Waals surface area contributed by atoms with Crippen molar-refractivity contribution in [3.05, 3.63) is 103 Å². The number of nitrogens with one attached hydrogen (secondary N) is 1. The first-order valence-electron chi connectivity index (χ1n) is 12.4. The maximum atomic E-state index is 13.6. The third-order valence-electron chi connectivity index (χ3n) is 6.40. The molecule has 1 unspecified atom stereocenters. The van der Waals surface area contributed by atoms with Crippen molar-refractivity contribution in [3.8, 4) is 5.75 Å². The van der Waals surface area contributed by atoms with Crippen LogP contribution in [0.4, 0.5) is 0 Å². The normalized spacial score (nSPS) is 14.1. The van der Waals surface area contributed by atoms with Crippen LogP contribution in [0.2, 0.25) is 0 Å². The van der Waals surface area contributed by atoms with Crippen molar-refractivity contribution >= 4 is 21.8 Å². The summed E-state index contributed by atoms with van der Waals surface area (Å²) in [4.78, 5) is 1.30. The van der Waals surface area contributed by atoms with Gasteiger partial charge in [0.05, 0.1) is 12.0 Å². The van der Waals surface area contributed by atoms with Crippen LogP contribution in [0, 0.1) is 12.8 Å². The van der Waals surface area contributed by atoms with Gasteiger partial charge >= 0.3 is 0 Å². The van der Waals surface area contributed by atoms with Gasteiger partial charge < -0.3 is 14.2 Å². The van der Waals surface area contributed by atoms with Crippen LogP contribution >= 0.6 is 11.8 Å². The number of hydrogen-bond acceptors (Lipinski definition) is 6. The zero-order chi connectivity index (χ0) is 27.5. The van der Waals surface area contributed by atoms with Crippen LogP contribution in [0.3, 0.4) is 0 Å². The summed E-state index contributed by atoms with van der Waals surface area (Å²) in [7, 11) is 1.03. The largest absolute Gasteiger partial charge is 0.497 e. The van der Waals surface area contributed by atoms with E-state index in [9.17, 15) is 8.42 Å². The molecule has 38 heavy (non-hydrogen) atoms. The Morgan fingerprint density at radius 1 is 0.921 bits per heavy atom. The van der Waals surface area contributed by atoms with E-state index in [-0.39, 0.29) is 16.1 Å². The third-order valence-corrected chi connectivity index (χ3v) is 9.26. The molecule has 0 saturated heterocycles. The van der Waals surface area contributed by atoms with E-state index in [4.69, 9.17) is 14.2 Å². The lowest BCUT2D eigenvalue weighted by Crippen LogP contribution is -2.45. The molecular weight excluding hydrogens is 518 g/mol. The molecule has 204 valence electrons. The lowest BCUT2D eigenvalue weighted by molar-refractivity contribution is -0.107. The van der Waals surface area contributed by atoms with Crippen LogP contribution in [-0.4, -0.2) is 47.3 Å². The Hall–Kier alpha value is -2.62. The van der Waals surface area contributed by atoms with E-state index in [1.54, 1.807) is 57.4 Å². The molecule has 0 heterocycles. The van der Waals surface area contributed by atoms with Gasteiger partial charge in [-0.05, 0) is 55.3 Å². The molecule has 0 aliphatic heterocycles. The highest BCUT2D eigenvalue weighted by Crippen LogP contribution is 2.35. The second kappa shape index (κ2) is 14.5. The second-order valence-electron chi connectivity index (χ2n) is 9.01. The molecule has 3 aromatic carbocycles. The summed E-state index contributed by atoms with van der Waals surface area (Å²) in [6, 6.07) is 24.1. The number of rotatable bonds is 15. The highest BCUT2D eigenvalue weighted by atomic mass is 32.2. The molecule has 3 aromatic rings. The summed E-state index contributed by atoms with van der Waals surface area (Å²) in [5.74, 6) is 0.488. The van der Waals surface area contributed by atoms with Crippen LogP contribution in [0.5, 0.6) is 5.75 Å².